The second kappa shape index (κ2) is 6.92. The predicted molar refractivity (Wildman–Crippen MR) is 104 cm³/mol. The van der Waals surface area contributed by atoms with Gasteiger partial charge in [0.2, 0.25) is 11.9 Å². The predicted octanol–water partition coefficient (Wildman–Crippen LogP) is 0.825. The zero-order chi connectivity index (χ0) is 19.0. The quantitative estimate of drug-likeness (QED) is 0.729. The van der Waals surface area contributed by atoms with E-state index in [2.05, 4.69) is 42.2 Å². The van der Waals surface area contributed by atoms with E-state index in [1.807, 2.05) is 19.9 Å². The first kappa shape index (κ1) is 17.3. The van der Waals surface area contributed by atoms with Gasteiger partial charge in [0, 0.05) is 50.0 Å². The number of hydrogen-bond acceptors (Lipinski definition) is 8. The molecule has 9 nitrogen and oxygen atoms in total. The lowest BCUT2D eigenvalue weighted by Crippen LogP contribution is -2.45. The van der Waals surface area contributed by atoms with Gasteiger partial charge in [-0.1, -0.05) is 0 Å². The molecule has 0 amide bonds. The van der Waals surface area contributed by atoms with E-state index in [0.29, 0.717) is 22.8 Å². The molecule has 1 fully saturated rings. The summed E-state index contributed by atoms with van der Waals surface area (Å²) in [5.74, 6) is 1.04. The first-order valence-electron chi connectivity index (χ1n) is 8.91. The molecule has 0 spiro atoms. The highest BCUT2D eigenvalue weighted by atomic mass is 16.1. The minimum Gasteiger partial charge on any atom is -0.338 e. The SMILES string of the molecule is Cc1cc(C)nc(Nn2ccc3nc(N4CCN(C)CC4)ncc3c2=O)n1. The number of aromatic nitrogens is 5. The highest BCUT2D eigenvalue weighted by Crippen LogP contribution is 2.14. The second-order valence-corrected chi connectivity index (χ2v) is 6.84. The van der Waals surface area contributed by atoms with Crippen LogP contribution in [0.1, 0.15) is 11.4 Å². The number of rotatable bonds is 3. The Morgan fingerprint density at radius 2 is 1.74 bits per heavy atom. The van der Waals surface area contributed by atoms with E-state index in [1.165, 1.54) is 4.68 Å². The van der Waals surface area contributed by atoms with E-state index in [1.54, 1.807) is 18.5 Å². The van der Waals surface area contributed by atoms with Gasteiger partial charge in [-0.3, -0.25) is 10.2 Å². The van der Waals surface area contributed by atoms with Crippen molar-refractivity contribution in [2.75, 3.05) is 43.6 Å². The van der Waals surface area contributed by atoms with Crippen molar-refractivity contribution in [2.24, 2.45) is 0 Å². The van der Waals surface area contributed by atoms with E-state index in [4.69, 9.17) is 0 Å². The van der Waals surface area contributed by atoms with Gasteiger partial charge in [0.15, 0.2) is 0 Å². The average Bonchev–Trinajstić information content (AvgIpc) is 2.64. The van der Waals surface area contributed by atoms with Crippen LogP contribution in [0.5, 0.6) is 0 Å². The normalized spacial score (nSPS) is 15.3. The second-order valence-electron chi connectivity index (χ2n) is 6.84. The number of hydrogen-bond donors (Lipinski definition) is 1. The maximum absolute atomic E-state index is 12.8. The number of anilines is 2. The highest BCUT2D eigenvalue weighted by molar-refractivity contribution is 5.77. The van der Waals surface area contributed by atoms with Crippen LogP contribution < -0.4 is 15.9 Å². The topological polar surface area (TPSA) is 92.1 Å². The summed E-state index contributed by atoms with van der Waals surface area (Å²) in [5.41, 5.74) is 5.00. The van der Waals surface area contributed by atoms with Crippen molar-refractivity contribution in [1.82, 2.24) is 29.5 Å². The molecule has 0 saturated carbocycles. The van der Waals surface area contributed by atoms with Gasteiger partial charge >= 0.3 is 0 Å². The van der Waals surface area contributed by atoms with Gasteiger partial charge < -0.3 is 9.80 Å². The summed E-state index contributed by atoms with van der Waals surface area (Å²) in [6.07, 6.45) is 3.24. The third kappa shape index (κ3) is 3.59. The molecule has 0 unspecified atom stereocenters. The molecule has 1 aliphatic heterocycles. The third-order valence-corrected chi connectivity index (χ3v) is 4.63. The molecular formula is C18H22N8O. The highest BCUT2D eigenvalue weighted by Gasteiger charge is 2.17. The van der Waals surface area contributed by atoms with E-state index in [0.717, 1.165) is 37.6 Å². The molecule has 4 rings (SSSR count). The van der Waals surface area contributed by atoms with E-state index in [-0.39, 0.29) is 5.56 Å². The van der Waals surface area contributed by atoms with Crippen LogP contribution in [-0.4, -0.2) is 62.7 Å². The Hall–Kier alpha value is -3.07. The summed E-state index contributed by atoms with van der Waals surface area (Å²) < 4.78 is 1.36. The maximum Gasteiger partial charge on any atom is 0.280 e. The molecule has 0 atom stereocenters. The van der Waals surface area contributed by atoms with Gasteiger partial charge in [0.25, 0.3) is 5.56 Å². The Kier molecular flexibility index (Phi) is 4.44. The molecule has 1 aliphatic rings. The maximum atomic E-state index is 12.8. The first-order chi connectivity index (χ1) is 13.0. The van der Waals surface area contributed by atoms with Gasteiger partial charge in [-0.15, -0.1) is 0 Å². The molecule has 27 heavy (non-hydrogen) atoms. The van der Waals surface area contributed by atoms with Crippen molar-refractivity contribution in [3.63, 3.8) is 0 Å². The molecule has 140 valence electrons. The lowest BCUT2D eigenvalue weighted by Gasteiger charge is -2.32. The third-order valence-electron chi connectivity index (χ3n) is 4.63. The molecule has 1 N–H and O–H groups in total. The van der Waals surface area contributed by atoms with Crippen LogP contribution in [-0.2, 0) is 0 Å². The summed E-state index contributed by atoms with van der Waals surface area (Å²) in [6.45, 7) is 7.48. The first-order valence-corrected chi connectivity index (χ1v) is 8.91. The lowest BCUT2D eigenvalue weighted by atomic mass is 10.3. The average molecular weight is 366 g/mol. The smallest absolute Gasteiger partial charge is 0.280 e. The largest absolute Gasteiger partial charge is 0.338 e. The molecule has 3 aromatic rings. The van der Waals surface area contributed by atoms with Crippen LogP contribution in [0.4, 0.5) is 11.9 Å². The number of pyridine rings is 1. The Labute approximate surface area is 156 Å². The van der Waals surface area contributed by atoms with Crippen LogP contribution in [0, 0.1) is 13.8 Å². The van der Waals surface area contributed by atoms with Gasteiger partial charge in [0.05, 0.1) is 10.9 Å². The van der Waals surface area contributed by atoms with Crippen molar-refractivity contribution in [3.8, 4) is 0 Å². The number of piperazine rings is 1. The molecular weight excluding hydrogens is 344 g/mol. The zero-order valence-corrected chi connectivity index (χ0v) is 15.7. The van der Waals surface area contributed by atoms with Crippen molar-refractivity contribution >= 4 is 22.8 Å². The fraction of sp³-hybridized carbons (Fsp3) is 0.389. The molecule has 3 aromatic heterocycles. The van der Waals surface area contributed by atoms with Crippen molar-refractivity contribution in [1.29, 1.82) is 0 Å². The van der Waals surface area contributed by atoms with Gasteiger partial charge in [0.1, 0.15) is 0 Å². The molecule has 9 heteroatoms. The number of nitrogens with one attached hydrogen (secondary N) is 1. The van der Waals surface area contributed by atoms with Crippen LogP contribution in [0.25, 0.3) is 10.9 Å². The molecule has 4 heterocycles. The number of fused-ring (bicyclic) bond motifs is 1. The van der Waals surface area contributed by atoms with Crippen LogP contribution >= 0.6 is 0 Å². The fourth-order valence-corrected chi connectivity index (χ4v) is 3.15. The van der Waals surface area contributed by atoms with Gasteiger partial charge in [-0.05, 0) is 33.0 Å². The van der Waals surface area contributed by atoms with Crippen LogP contribution in [0.3, 0.4) is 0 Å². The van der Waals surface area contributed by atoms with Crippen molar-refractivity contribution in [2.45, 2.75) is 13.8 Å². The Morgan fingerprint density at radius 1 is 1.04 bits per heavy atom. The molecule has 0 aliphatic carbocycles. The fourth-order valence-electron chi connectivity index (χ4n) is 3.15. The number of nitrogens with zero attached hydrogens (tertiary/aromatic N) is 7. The summed E-state index contributed by atoms with van der Waals surface area (Å²) in [7, 11) is 2.10. The molecule has 1 saturated heterocycles. The summed E-state index contributed by atoms with van der Waals surface area (Å²) in [6, 6.07) is 3.68. The Morgan fingerprint density at radius 3 is 2.44 bits per heavy atom. The Bertz CT molecular complexity index is 1020. The summed E-state index contributed by atoms with van der Waals surface area (Å²) >= 11 is 0. The number of likely N-dealkylation sites (N-methyl/N-ethyl adjacent to an activating group) is 1. The minimum absolute atomic E-state index is 0.236. The lowest BCUT2D eigenvalue weighted by molar-refractivity contribution is 0.311. The van der Waals surface area contributed by atoms with Crippen molar-refractivity contribution < 1.29 is 0 Å². The number of aryl methyl sites for hydroxylation is 2. The standard InChI is InChI=1S/C18H22N8O/c1-12-10-13(2)21-17(20-12)23-26-5-4-15-14(16(26)27)11-19-18(22-15)25-8-6-24(3)7-9-25/h4-5,10-11H,6-9H2,1-3H3,(H,20,21,23). The van der Waals surface area contributed by atoms with E-state index >= 15 is 0 Å². The monoisotopic (exact) mass is 366 g/mol. The Balaban J connectivity index is 1.64. The molecule has 0 radical (unpaired) electrons. The summed E-state index contributed by atoms with van der Waals surface area (Å²) in [4.78, 5) is 34.8. The van der Waals surface area contributed by atoms with E-state index in [9.17, 15) is 4.79 Å². The van der Waals surface area contributed by atoms with Crippen LogP contribution in [0.2, 0.25) is 0 Å². The van der Waals surface area contributed by atoms with E-state index < -0.39 is 0 Å². The zero-order valence-electron chi connectivity index (χ0n) is 15.7. The van der Waals surface area contributed by atoms with Crippen LogP contribution in [0.15, 0.2) is 29.3 Å². The molecule has 0 bridgehead atoms. The summed E-state index contributed by atoms with van der Waals surface area (Å²) in [5, 5.41) is 0.451. The van der Waals surface area contributed by atoms with Gasteiger partial charge in [-0.2, -0.15) is 0 Å². The van der Waals surface area contributed by atoms with Gasteiger partial charge in [-0.25, -0.2) is 24.6 Å². The minimum atomic E-state index is -0.236. The molecule has 0 aromatic carbocycles. The van der Waals surface area contributed by atoms with Crippen molar-refractivity contribution in [3.05, 3.63) is 46.3 Å².